The Bertz CT molecular complexity index is 563. The van der Waals surface area contributed by atoms with Crippen LogP contribution in [0.1, 0.15) is 40.0 Å². The smallest absolute Gasteiger partial charge is 0.407 e. The maximum atomic E-state index is 12.2. The summed E-state index contributed by atoms with van der Waals surface area (Å²) in [7, 11) is -3.08. The van der Waals surface area contributed by atoms with E-state index in [0.717, 1.165) is 12.8 Å². The number of amides is 2. The second-order valence-electron chi connectivity index (χ2n) is 7.44. The Morgan fingerprint density at radius 1 is 1.22 bits per heavy atom. The average molecular weight is 346 g/mol. The largest absolute Gasteiger partial charge is 0.444 e. The van der Waals surface area contributed by atoms with Gasteiger partial charge in [-0.15, -0.1) is 0 Å². The lowest BCUT2D eigenvalue weighted by molar-refractivity contribution is -0.125. The highest BCUT2D eigenvalue weighted by molar-refractivity contribution is 7.91. The van der Waals surface area contributed by atoms with Crippen LogP contribution in [0.4, 0.5) is 4.79 Å². The van der Waals surface area contributed by atoms with Crippen molar-refractivity contribution in [3.63, 3.8) is 0 Å². The standard InChI is InChI=1S/C15H26N2O5S/c1-15(2,3)22-14(19)16-8-12(10-4-5-10)17-13(18)11-6-7-23(20,21)9-11/h10-12H,4-9H2,1-3H3,(H,16,19)(H,17,18)/t11-,12-/m1/s1. The molecule has 0 radical (unpaired) electrons. The Kier molecular flexibility index (Phi) is 5.23. The molecule has 2 atom stereocenters. The van der Waals surface area contributed by atoms with Crippen molar-refractivity contribution in [2.45, 2.75) is 51.7 Å². The Labute approximate surface area is 137 Å². The van der Waals surface area contributed by atoms with Gasteiger partial charge in [0.05, 0.1) is 17.4 Å². The number of rotatable bonds is 5. The fraction of sp³-hybridized carbons (Fsp3) is 0.867. The van der Waals surface area contributed by atoms with Crippen LogP contribution >= 0.6 is 0 Å². The van der Waals surface area contributed by atoms with Crippen LogP contribution in [0.15, 0.2) is 0 Å². The molecule has 1 heterocycles. The maximum absolute atomic E-state index is 12.2. The second-order valence-corrected chi connectivity index (χ2v) is 9.66. The molecule has 0 spiro atoms. The molecule has 2 fully saturated rings. The van der Waals surface area contributed by atoms with Gasteiger partial charge in [-0.3, -0.25) is 4.79 Å². The SMILES string of the molecule is CC(C)(C)OC(=O)NC[C@@H](NC(=O)[C@@H]1CCS(=O)(=O)C1)C1CC1. The minimum absolute atomic E-state index is 0.0737. The molecule has 1 aliphatic carbocycles. The van der Waals surface area contributed by atoms with Crippen LogP contribution in [0.25, 0.3) is 0 Å². The number of sulfone groups is 1. The molecule has 0 aromatic rings. The van der Waals surface area contributed by atoms with E-state index in [9.17, 15) is 18.0 Å². The fourth-order valence-electron chi connectivity index (χ4n) is 2.64. The van der Waals surface area contributed by atoms with Crippen molar-refractivity contribution >= 4 is 21.8 Å². The predicted molar refractivity (Wildman–Crippen MR) is 85.7 cm³/mol. The minimum Gasteiger partial charge on any atom is -0.444 e. The molecule has 2 N–H and O–H groups in total. The molecule has 0 bridgehead atoms. The molecule has 1 saturated carbocycles. The van der Waals surface area contributed by atoms with E-state index in [2.05, 4.69) is 10.6 Å². The van der Waals surface area contributed by atoms with Gasteiger partial charge in [0.15, 0.2) is 9.84 Å². The lowest BCUT2D eigenvalue weighted by Crippen LogP contribution is -2.48. The van der Waals surface area contributed by atoms with E-state index in [1.54, 1.807) is 20.8 Å². The van der Waals surface area contributed by atoms with Crippen molar-refractivity contribution in [1.29, 1.82) is 0 Å². The summed E-state index contributed by atoms with van der Waals surface area (Å²) in [5.41, 5.74) is -0.569. The van der Waals surface area contributed by atoms with Crippen LogP contribution in [0.3, 0.4) is 0 Å². The number of carbonyl (C=O) groups excluding carboxylic acids is 2. The van der Waals surface area contributed by atoms with Gasteiger partial charge in [-0.05, 0) is 46.0 Å². The lowest BCUT2D eigenvalue weighted by Gasteiger charge is -2.23. The highest BCUT2D eigenvalue weighted by Gasteiger charge is 2.37. The van der Waals surface area contributed by atoms with Crippen LogP contribution in [0.2, 0.25) is 0 Å². The fourth-order valence-corrected chi connectivity index (χ4v) is 4.39. The Morgan fingerprint density at radius 3 is 2.35 bits per heavy atom. The second kappa shape index (κ2) is 6.67. The molecular formula is C15H26N2O5S. The Morgan fingerprint density at radius 2 is 1.87 bits per heavy atom. The molecule has 8 heteroatoms. The van der Waals surface area contributed by atoms with Gasteiger partial charge in [-0.25, -0.2) is 13.2 Å². The van der Waals surface area contributed by atoms with Crippen LogP contribution < -0.4 is 10.6 Å². The van der Waals surface area contributed by atoms with E-state index < -0.39 is 27.4 Å². The van der Waals surface area contributed by atoms with Gasteiger partial charge in [0, 0.05) is 12.6 Å². The zero-order chi connectivity index (χ0) is 17.3. The average Bonchev–Trinajstić information content (AvgIpc) is 3.16. The molecule has 0 aromatic heterocycles. The Balaban J connectivity index is 1.82. The van der Waals surface area contributed by atoms with E-state index in [4.69, 9.17) is 4.74 Å². The number of hydrogen-bond donors (Lipinski definition) is 2. The van der Waals surface area contributed by atoms with Gasteiger partial charge in [0.25, 0.3) is 0 Å². The zero-order valence-corrected chi connectivity index (χ0v) is 14.7. The summed E-state index contributed by atoms with van der Waals surface area (Å²) in [4.78, 5) is 23.9. The highest BCUT2D eigenvalue weighted by atomic mass is 32.2. The van der Waals surface area contributed by atoms with E-state index >= 15 is 0 Å². The monoisotopic (exact) mass is 346 g/mol. The minimum atomic E-state index is -3.08. The number of nitrogens with one attached hydrogen (secondary N) is 2. The summed E-state index contributed by atoms with van der Waals surface area (Å²) in [6.45, 7) is 5.65. The van der Waals surface area contributed by atoms with Crippen molar-refractivity contribution in [3.8, 4) is 0 Å². The molecule has 2 rings (SSSR count). The van der Waals surface area contributed by atoms with Gasteiger partial charge in [-0.2, -0.15) is 0 Å². The number of alkyl carbamates (subject to hydrolysis) is 1. The molecule has 0 unspecified atom stereocenters. The topological polar surface area (TPSA) is 102 Å². The summed E-state index contributed by atoms with van der Waals surface area (Å²) in [6, 6.07) is -0.168. The third-order valence-corrected chi connectivity index (χ3v) is 5.76. The number of carbonyl (C=O) groups is 2. The molecule has 1 aliphatic heterocycles. The number of ether oxygens (including phenoxy) is 1. The Hall–Kier alpha value is -1.31. The molecule has 132 valence electrons. The normalized spacial score (nSPS) is 24.7. The first-order valence-electron chi connectivity index (χ1n) is 8.03. The van der Waals surface area contributed by atoms with Crippen LogP contribution in [-0.4, -0.2) is 50.1 Å². The summed E-state index contributed by atoms with van der Waals surface area (Å²) >= 11 is 0. The van der Waals surface area contributed by atoms with Gasteiger partial charge in [-0.1, -0.05) is 0 Å². The van der Waals surface area contributed by atoms with Crippen molar-refractivity contribution < 1.29 is 22.7 Å². The molecule has 0 aromatic carbocycles. The van der Waals surface area contributed by atoms with Crippen molar-refractivity contribution in [2.75, 3.05) is 18.1 Å². The van der Waals surface area contributed by atoms with Crippen LogP contribution in [-0.2, 0) is 19.4 Å². The van der Waals surface area contributed by atoms with Crippen molar-refractivity contribution in [2.24, 2.45) is 11.8 Å². The van der Waals surface area contributed by atoms with Crippen LogP contribution in [0.5, 0.6) is 0 Å². The summed E-state index contributed by atoms with van der Waals surface area (Å²) in [6.07, 6.45) is 1.87. The zero-order valence-electron chi connectivity index (χ0n) is 13.9. The predicted octanol–water partition coefficient (Wildman–Crippen LogP) is 0.841. The summed E-state index contributed by atoms with van der Waals surface area (Å²) in [5, 5.41) is 5.58. The van der Waals surface area contributed by atoms with Gasteiger partial charge in [0.2, 0.25) is 5.91 Å². The maximum Gasteiger partial charge on any atom is 0.407 e. The molecule has 23 heavy (non-hydrogen) atoms. The molecule has 2 aliphatic rings. The van der Waals surface area contributed by atoms with E-state index in [1.807, 2.05) is 0 Å². The third-order valence-electron chi connectivity index (χ3n) is 3.99. The quantitative estimate of drug-likeness (QED) is 0.768. The van der Waals surface area contributed by atoms with Crippen LogP contribution in [0, 0.1) is 11.8 Å². The number of hydrogen-bond acceptors (Lipinski definition) is 5. The first kappa shape index (κ1) is 18.0. The van der Waals surface area contributed by atoms with Gasteiger partial charge >= 0.3 is 6.09 Å². The first-order valence-corrected chi connectivity index (χ1v) is 9.85. The summed E-state index contributed by atoms with van der Waals surface area (Å²) < 4.78 is 28.1. The summed E-state index contributed by atoms with van der Waals surface area (Å²) in [5.74, 6) is -0.353. The highest BCUT2D eigenvalue weighted by Crippen LogP contribution is 2.33. The lowest BCUT2D eigenvalue weighted by atomic mass is 10.1. The van der Waals surface area contributed by atoms with Gasteiger partial charge in [0.1, 0.15) is 5.60 Å². The van der Waals surface area contributed by atoms with E-state index in [-0.39, 0.29) is 23.5 Å². The molecular weight excluding hydrogens is 320 g/mol. The molecule has 7 nitrogen and oxygen atoms in total. The van der Waals surface area contributed by atoms with E-state index in [1.165, 1.54) is 0 Å². The molecule has 2 amide bonds. The van der Waals surface area contributed by atoms with Crippen molar-refractivity contribution in [1.82, 2.24) is 10.6 Å². The third kappa shape index (κ3) is 6.01. The van der Waals surface area contributed by atoms with Gasteiger partial charge < -0.3 is 15.4 Å². The first-order chi connectivity index (χ1) is 10.6. The van der Waals surface area contributed by atoms with Crippen molar-refractivity contribution in [3.05, 3.63) is 0 Å². The van der Waals surface area contributed by atoms with E-state index in [0.29, 0.717) is 18.9 Å². The molecule has 1 saturated heterocycles.